The van der Waals surface area contributed by atoms with Crippen LogP contribution in [0.5, 0.6) is 5.75 Å². The van der Waals surface area contributed by atoms with Gasteiger partial charge in [0.25, 0.3) is 0 Å². The maximum atomic E-state index is 15.3. The third kappa shape index (κ3) is 4.88. The molecule has 1 aromatic heterocycles. The number of rotatable bonds is 8. The van der Waals surface area contributed by atoms with Crippen molar-refractivity contribution in [3.8, 4) is 5.75 Å². The van der Waals surface area contributed by atoms with E-state index in [0.717, 1.165) is 48.0 Å². The maximum Gasteiger partial charge on any atom is 0.191 e. The van der Waals surface area contributed by atoms with Crippen LogP contribution in [0.4, 0.5) is 13.2 Å². The first-order chi connectivity index (χ1) is 17.1. The van der Waals surface area contributed by atoms with E-state index in [1.807, 2.05) is 23.1 Å². The van der Waals surface area contributed by atoms with Gasteiger partial charge in [0, 0.05) is 42.3 Å². The summed E-state index contributed by atoms with van der Waals surface area (Å²) in [6.45, 7) is 9.75. The van der Waals surface area contributed by atoms with Gasteiger partial charge in [-0.15, -0.1) is 0 Å². The zero-order valence-electron chi connectivity index (χ0n) is 21.6. The van der Waals surface area contributed by atoms with E-state index in [4.69, 9.17) is 4.74 Å². The first kappa shape index (κ1) is 25.2. The lowest BCUT2D eigenvalue weighted by atomic mass is 9.87. The highest BCUT2D eigenvalue weighted by Gasteiger charge is 2.39. The molecule has 2 aromatic carbocycles. The number of unbranched alkanes of at least 4 members (excludes halogenated alkanes) is 1. The molecule has 4 nitrogen and oxygen atoms in total. The summed E-state index contributed by atoms with van der Waals surface area (Å²) in [4.78, 5) is 7.73. The molecule has 5 rings (SSSR count). The molecule has 1 N–H and O–H groups in total. The molecule has 36 heavy (non-hydrogen) atoms. The van der Waals surface area contributed by atoms with Crippen molar-refractivity contribution in [2.45, 2.75) is 70.8 Å². The number of aromatic nitrogens is 1. The molecule has 0 unspecified atom stereocenters. The summed E-state index contributed by atoms with van der Waals surface area (Å²) < 4.78 is 51.3. The normalized spacial score (nSPS) is 21.5. The molecule has 1 fully saturated rings. The summed E-state index contributed by atoms with van der Waals surface area (Å²) in [6, 6.07) is 10.2. The molecule has 0 aliphatic carbocycles. The van der Waals surface area contributed by atoms with Gasteiger partial charge in [-0.05, 0) is 69.5 Å². The Hall–Kier alpha value is -2.51. The van der Waals surface area contributed by atoms with Crippen molar-refractivity contribution in [3.05, 3.63) is 64.9 Å². The van der Waals surface area contributed by atoms with Gasteiger partial charge in [0.05, 0.1) is 6.04 Å². The molecule has 2 atom stereocenters. The number of ether oxygens (including phenoxy) is 1. The number of hydrogen-bond donors (Lipinski definition) is 1. The predicted molar refractivity (Wildman–Crippen MR) is 137 cm³/mol. The number of benzene rings is 2. The van der Waals surface area contributed by atoms with Gasteiger partial charge in [-0.2, -0.15) is 0 Å². The smallest absolute Gasteiger partial charge is 0.191 e. The van der Waals surface area contributed by atoms with Gasteiger partial charge in [0.15, 0.2) is 17.4 Å². The lowest BCUT2D eigenvalue weighted by Crippen LogP contribution is -2.54. The van der Waals surface area contributed by atoms with Crippen LogP contribution in [0.15, 0.2) is 36.4 Å². The fourth-order valence-electron chi connectivity index (χ4n) is 5.72. The van der Waals surface area contributed by atoms with E-state index in [1.165, 1.54) is 26.0 Å². The van der Waals surface area contributed by atoms with Gasteiger partial charge in [-0.25, -0.2) is 13.2 Å². The molecule has 0 bridgehead atoms. The summed E-state index contributed by atoms with van der Waals surface area (Å²) >= 11 is 0. The zero-order valence-corrected chi connectivity index (χ0v) is 21.6. The zero-order chi connectivity index (χ0) is 25.6. The minimum Gasteiger partial charge on any atom is -0.482 e. The van der Waals surface area contributed by atoms with Crippen LogP contribution < -0.4 is 4.74 Å². The summed E-state index contributed by atoms with van der Waals surface area (Å²) in [5, 5.41) is 1.10. The van der Waals surface area contributed by atoms with Gasteiger partial charge in [-0.3, -0.25) is 9.80 Å². The minimum absolute atomic E-state index is 0.0112. The molecule has 1 saturated heterocycles. The number of H-pyrrole nitrogens is 1. The average molecular weight is 500 g/mol. The predicted octanol–water partition coefficient (Wildman–Crippen LogP) is 6.39. The van der Waals surface area contributed by atoms with Crippen LogP contribution in [0.2, 0.25) is 0 Å². The molecule has 0 saturated carbocycles. The van der Waals surface area contributed by atoms with Gasteiger partial charge in [0.1, 0.15) is 11.8 Å². The van der Waals surface area contributed by atoms with E-state index in [0.29, 0.717) is 18.7 Å². The fraction of sp³-hybridized carbons (Fsp3) is 0.517. The lowest BCUT2D eigenvalue weighted by Gasteiger charge is -2.43. The Morgan fingerprint density at radius 3 is 2.47 bits per heavy atom. The minimum atomic E-state index is -1.47. The van der Waals surface area contributed by atoms with Crippen LogP contribution in [0.3, 0.4) is 0 Å². The van der Waals surface area contributed by atoms with Crippen LogP contribution in [0.1, 0.15) is 63.4 Å². The number of aromatic amines is 1. The molecular weight excluding hydrogens is 463 g/mol. The van der Waals surface area contributed by atoms with Crippen molar-refractivity contribution < 1.29 is 17.9 Å². The number of nitrogens with one attached hydrogen (secondary N) is 1. The molecule has 2 aliphatic rings. The highest BCUT2D eigenvalue weighted by atomic mass is 19.1. The van der Waals surface area contributed by atoms with Gasteiger partial charge < -0.3 is 9.72 Å². The molecule has 0 amide bonds. The summed E-state index contributed by atoms with van der Waals surface area (Å²) in [5.41, 5.74) is 1.96. The van der Waals surface area contributed by atoms with Crippen molar-refractivity contribution in [2.24, 2.45) is 0 Å². The third-order valence-electron chi connectivity index (χ3n) is 7.45. The second kappa shape index (κ2) is 9.75. The van der Waals surface area contributed by atoms with Crippen LogP contribution >= 0.6 is 0 Å². The number of para-hydroxylation sites is 1. The second-order valence-corrected chi connectivity index (χ2v) is 11.1. The number of nitrogens with zero attached hydrogens (tertiary/aromatic N) is 2. The lowest BCUT2D eigenvalue weighted by molar-refractivity contribution is 0.0144. The third-order valence-corrected chi connectivity index (χ3v) is 7.45. The van der Waals surface area contributed by atoms with E-state index < -0.39 is 23.3 Å². The van der Waals surface area contributed by atoms with Crippen molar-refractivity contribution in [1.29, 1.82) is 0 Å². The Morgan fingerprint density at radius 2 is 1.81 bits per heavy atom. The molecule has 0 spiro atoms. The van der Waals surface area contributed by atoms with Crippen LogP contribution in [-0.4, -0.2) is 58.8 Å². The van der Waals surface area contributed by atoms with Gasteiger partial charge >= 0.3 is 0 Å². The van der Waals surface area contributed by atoms with E-state index >= 15 is 8.78 Å². The summed E-state index contributed by atoms with van der Waals surface area (Å²) in [7, 11) is 0. The standard InChI is InChI=1S/C29H36F3N3O/c1-5-6-11-34-15-20(16-34)36-28-23(30)13-19(14-24(28)31)27-26-22(21-9-7-8-10-25(21)33-26)12-18(2)35(27)17-29(3,4)32/h7-10,13-14,18,20,27,33H,5-6,11-12,15-17H2,1-4H3/t18-,27-/m1/s1. The molecule has 7 heteroatoms. The Balaban J connectivity index is 1.49. The molecular formula is C29H36F3N3O. The molecule has 0 radical (unpaired) electrons. The van der Waals surface area contributed by atoms with Crippen LogP contribution in [-0.2, 0) is 6.42 Å². The van der Waals surface area contributed by atoms with Crippen molar-refractivity contribution >= 4 is 10.9 Å². The molecule has 3 heterocycles. The molecule has 194 valence electrons. The Bertz CT molecular complexity index is 1210. The quantitative estimate of drug-likeness (QED) is 0.390. The van der Waals surface area contributed by atoms with Crippen LogP contribution in [0, 0.1) is 11.6 Å². The van der Waals surface area contributed by atoms with E-state index in [2.05, 4.69) is 29.8 Å². The number of alkyl halides is 1. The van der Waals surface area contributed by atoms with E-state index in [-0.39, 0.29) is 24.4 Å². The monoisotopic (exact) mass is 499 g/mol. The molecule has 3 aromatic rings. The first-order valence-electron chi connectivity index (χ1n) is 13.1. The summed E-state index contributed by atoms with van der Waals surface area (Å²) in [5.74, 6) is -1.75. The van der Waals surface area contributed by atoms with Crippen molar-refractivity contribution in [2.75, 3.05) is 26.2 Å². The number of hydrogen-bond acceptors (Lipinski definition) is 3. The van der Waals surface area contributed by atoms with E-state index in [9.17, 15) is 4.39 Å². The van der Waals surface area contributed by atoms with Crippen LogP contribution in [0.25, 0.3) is 10.9 Å². The highest BCUT2D eigenvalue weighted by molar-refractivity contribution is 5.85. The maximum absolute atomic E-state index is 15.3. The number of likely N-dealkylation sites (tertiary alicyclic amines) is 1. The SMILES string of the molecule is CCCCN1CC(Oc2c(F)cc([C@@H]3c4[nH]c5ccccc5c4C[C@@H](C)N3CC(C)(C)F)cc2F)C1. The van der Waals surface area contributed by atoms with Gasteiger partial charge in [-0.1, -0.05) is 31.5 Å². The van der Waals surface area contributed by atoms with Crippen molar-refractivity contribution in [3.63, 3.8) is 0 Å². The first-order valence-corrected chi connectivity index (χ1v) is 13.1. The van der Waals surface area contributed by atoms with Crippen molar-refractivity contribution in [1.82, 2.24) is 14.8 Å². The number of halogens is 3. The Morgan fingerprint density at radius 1 is 1.11 bits per heavy atom. The second-order valence-electron chi connectivity index (χ2n) is 11.1. The largest absolute Gasteiger partial charge is 0.482 e. The van der Waals surface area contributed by atoms with Gasteiger partial charge in [0.2, 0.25) is 0 Å². The summed E-state index contributed by atoms with van der Waals surface area (Å²) in [6.07, 6.45) is 2.73. The average Bonchev–Trinajstić information content (AvgIpc) is 3.14. The number of fused-ring (bicyclic) bond motifs is 3. The molecule has 2 aliphatic heterocycles. The Labute approximate surface area is 211 Å². The Kier molecular flexibility index (Phi) is 6.81. The fourth-order valence-corrected chi connectivity index (χ4v) is 5.72. The highest BCUT2D eigenvalue weighted by Crippen LogP contribution is 2.43. The van der Waals surface area contributed by atoms with E-state index in [1.54, 1.807) is 0 Å². The topological polar surface area (TPSA) is 31.5 Å².